The van der Waals surface area contributed by atoms with Crippen molar-refractivity contribution in [1.82, 2.24) is 10.6 Å². The fourth-order valence-electron chi connectivity index (χ4n) is 1.49. The molecule has 5 nitrogen and oxygen atoms in total. The Morgan fingerprint density at radius 1 is 1.47 bits per heavy atom. The molecule has 0 saturated carbocycles. The molecule has 0 bridgehead atoms. The number of nitrogens with one attached hydrogen (secondary N) is 2. The maximum Gasteiger partial charge on any atom is 0.233 e. The van der Waals surface area contributed by atoms with Gasteiger partial charge in [-0.3, -0.25) is 4.79 Å². The molecule has 1 aliphatic rings. The molecule has 1 amide bonds. The maximum absolute atomic E-state index is 11.4. The molecular weight excluding hydrogens is 240 g/mol. The number of carbonyl (C=O) groups excluding carboxylic acids is 1. The standard InChI is InChI=1S/C11H20N2O3S/c1-9(2)3-5-12-11(14)7-13-10-4-6-17(15,16)8-10/h4,6,9-10,13H,3,5,7-8H2,1-2H3,(H,12,14). The lowest BCUT2D eigenvalue weighted by atomic mass is 10.1. The van der Waals surface area contributed by atoms with Crippen molar-refractivity contribution in [1.29, 1.82) is 0 Å². The number of hydrogen-bond acceptors (Lipinski definition) is 4. The molecule has 6 heteroatoms. The third kappa shape index (κ3) is 5.83. The Hall–Kier alpha value is -0.880. The van der Waals surface area contributed by atoms with E-state index >= 15 is 0 Å². The largest absolute Gasteiger partial charge is 0.355 e. The average molecular weight is 260 g/mol. The van der Waals surface area contributed by atoms with Gasteiger partial charge in [0.2, 0.25) is 5.91 Å². The first-order valence-corrected chi connectivity index (χ1v) is 7.51. The zero-order chi connectivity index (χ0) is 12.9. The third-order valence-electron chi connectivity index (χ3n) is 2.50. The van der Waals surface area contributed by atoms with Crippen LogP contribution in [0.25, 0.3) is 0 Å². The van der Waals surface area contributed by atoms with Crippen LogP contribution < -0.4 is 10.6 Å². The molecule has 1 unspecified atom stereocenters. The van der Waals surface area contributed by atoms with Gasteiger partial charge in [0.05, 0.1) is 12.3 Å². The van der Waals surface area contributed by atoms with Crippen LogP contribution in [-0.4, -0.2) is 39.2 Å². The van der Waals surface area contributed by atoms with Crippen LogP contribution >= 0.6 is 0 Å². The van der Waals surface area contributed by atoms with Crippen LogP contribution in [0.1, 0.15) is 20.3 Å². The van der Waals surface area contributed by atoms with Crippen molar-refractivity contribution in [3.05, 3.63) is 11.5 Å². The van der Waals surface area contributed by atoms with Crippen molar-refractivity contribution in [2.24, 2.45) is 5.92 Å². The highest BCUT2D eigenvalue weighted by Gasteiger charge is 2.21. The summed E-state index contributed by atoms with van der Waals surface area (Å²) in [6.45, 7) is 5.01. The van der Waals surface area contributed by atoms with Crippen molar-refractivity contribution in [3.63, 3.8) is 0 Å². The SMILES string of the molecule is CC(C)CCNC(=O)CNC1C=CS(=O)(=O)C1. The summed E-state index contributed by atoms with van der Waals surface area (Å²) in [5, 5.41) is 6.88. The van der Waals surface area contributed by atoms with Crippen LogP contribution in [0.5, 0.6) is 0 Å². The van der Waals surface area contributed by atoms with Gasteiger partial charge in [-0.05, 0) is 12.3 Å². The Balaban J connectivity index is 2.15. The summed E-state index contributed by atoms with van der Waals surface area (Å²) in [5.74, 6) is 0.515. The molecule has 17 heavy (non-hydrogen) atoms. The maximum atomic E-state index is 11.4. The second-order valence-electron chi connectivity index (χ2n) is 4.68. The molecule has 0 aliphatic carbocycles. The Bertz CT molecular complexity index is 388. The van der Waals surface area contributed by atoms with E-state index in [9.17, 15) is 13.2 Å². The van der Waals surface area contributed by atoms with Crippen molar-refractivity contribution in [3.8, 4) is 0 Å². The Morgan fingerprint density at radius 3 is 2.71 bits per heavy atom. The first-order chi connectivity index (χ1) is 7.89. The van der Waals surface area contributed by atoms with Gasteiger partial charge in [0.1, 0.15) is 0 Å². The van der Waals surface area contributed by atoms with Crippen LogP contribution in [0.2, 0.25) is 0 Å². The number of rotatable bonds is 6. The van der Waals surface area contributed by atoms with Crippen LogP contribution in [0.3, 0.4) is 0 Å². The van der Waals surface area contributed by atoms with E-state index in [4.69, 9.17) is 0 Å². The fourth-order valence-corrected chi connectivity index (χ4v) is 2.76. The number of amides is 1. The van der Waals surface area contributed by atoms with Crippen molar-refractivity contribution < 1.29 is 13.2 Å². The van der Waals surface area contributed by atoms with E-state index in [-0.39, 0.29) is 24.2 Å². The highest BCUT2D eigenvalue weighted by atomic mass is 32.2. The molecule has 1 heterocycles. The van der Waals surface area contributed by atoms with E-state index in [1.54, 1.807) is 6.08 Å². The lowest BCUT2D eigenvalue weighted by molar-refractivity contribution is -0.120. The molecule has 1 aliphatic heterocycles. The summed E-state index contributed by atoms with van der Waals surface area (Å²) in [6.07, 6.45) is 2.53. The molecule has 0 aromatic heterocycles. The Labute approximate surface area is 103 Å². The van der Waals surface area contributed by atoms with Crippen molar-refractivity contribution >= 4 is 15.7 Å². The summed E-state index contributed by atoms with van der Waals surface area (Å²) in [7, 11) is -3.05. The average Bonchev–Trinajstić information content (AvgIpc) is 2.55. The van der Waals surface area contributed by atoms with Gasteiger partial charge in [-0.1, -0.05) is 19.9 Å². The van der Waals surface area contributed by atoms with Crippen molar-refractivity contribution in [2.75, 3.05) is 18.8 Å². The van der Waals surface area contributed by atoms with E-state index in [0.29, 0.717) is 12.5 Å². The minimum atomic E-state index is -3.05. The predicted octanol–water partition coefficient (Wildman–Crippen LogP) is 0.0490. The molecule has 1 atom stereocenters. The first kappa shape index (κ1) is 14.2. The molecule has 0 saturated heterocycles. The van der Waals surface area contributed by atoms with Crippen molar-refractivity contribution in [2.45, 2.75) is 26.3 Å². The number of hydrogen-bond donors (Lipinski definition) is 2. The van der Waals surface area contributed by atoms with Gasteiger partial charge < -0.3 is 10.6 Å². The summed E-state index contributed by atoms with van der Waals surface area (Å²) in [6, 6.07) is -0.240. The number of sulfone groups is 1. The lowest BCUT2D eigenvalue weighted by Gasteiger charge is -2.10. The van der Waals surface area contributed by atoms with Crippen LogP contribution in [-0.2, 0) is 14.6 Å². The Morgan fingerprint density at radius 2 is 2.18 bits per heavy atom. The minimum absolute atomic E-state index is 0.0479. The molecule has 1 rings (SSSR count). The van der Waals surface area contributed by atoms with Crippen LogP contribution in [0.4, 0.5) is 0 Å². The molecule has 0 radical (unpaired) electrons. The lowest BCUT2D eigenvalue weighted by Crippen LogP contribution is -2.40. The summed E-state index contributed by atoms with van der Waals surface area (Å²) in [4.78, 5) is 11.4. The third-order valence-corrected chi connectivity index (χ3v) is 3.89. The van der Waals surface area contributed by atoms with Crippen LogP contribution in [0, 0.1) is 5.92 Å². The second kappa shape index (κ2) is 6.16. The molecule has 2 N–H and O–H groups in total. The Kier molecular flexibility index (Phi) is 5.14. The molecular formula is C11H20N2O3S. The van der Waals surface area contributed by atoms with E-state index in [0.717, 1.165) is 6.42 Å². The van der Waals surface area contributed by atoms with Gasteiger partial charge in [-0.15, -0.1) is 0 Å². The zero-order valence-electron chi connectivity index (χ0n) is 10.3. The molecule has 98 valence electrons. The van der Waals surface area contributed by atoms with Gasteiger partial charge >= 0.3 is 0 Å². The van der Waals surface area contributed by atoms with Crippen LogP contribution in [0.15, 0.2) is 11.5 Å². The molecule has 0 fully saturated rings. The fraction of sp³-hybridized carbons (Fsp3) is 0.727. The smallest absolute Gasteiger partial charge is 0.233 e. The first-order valence-electron chi connectivity index (χ1n) is 5.80. The summed E-state index contributed by atoms with van der Waals surface area (Å²) < 4.78 is 22.2. The highest BCUT2D eigenvalue weighted by Crippen LogP contribution is 2.07. The van der Waals surface area contributed by atoms with Gasteiger partial charge in [-0.2, -0.15) is 0 Å². The predicted molar refractivity (Wildman–Crippen MR) is 67.2 cm³/mol. The monoisotopic (exact) mass is 260 g/mol. The summed E-state index contributed by atoms with van der Waals surface area (Å²) >= 11 is 0. The molecule has 0 spiro atoms. The van der Waals surface area contributed by atoms with E-state index < -0.39 is 9.84 Å². The summed E-state index contributed by atoms with van der Waals surface area (Å²) in [5.41, 5.74) is 0. The topological polar surface area (TPSA) is 75.3 Å². The molecule has 0 aromatic rings. The van der Waals surface area contributed by atoms with E-state index in [1.807, 2.05) is 0 Å². The van der Waals surface area contributed by atoms with Gasteiger partial charge in [-0.25, -0.2) is 8.42 Å². The van der Waals surface area contributed by atoms with Gasteiger partial charge in [0.25, 0.3) is 0 Å². The normalized spacial score (nSPS) is 21.9. The van der Waals surface area contributed by atoms with Gasteiger partial charge in [0.15, 0.2) is 9.84 Å². The molecule has 0 aromatic carbocycles. The second-order valence-corrected chi connectivity index (χ2v) is 6.61. The number of carbonyl (C=O) groups is 1. The zero-order valence-corrected chi connectivity index (χ0v) is 11.1. The van der Waals surface area contributed by atoms with Gasteiger partial charge in [0, 0.05) is 18.0 Å². The van der Waals surface area contributed by atoms with E-state index in [1.165, 1.54) is 5.41 Å². The quantitative estimate of drug-likeness (QED) is 0.707. The minimum Gasteiger partial charge on any atom is -0.355 e. The highest BCUT2D eigenvalue weighted by molar-refractivity contribution is 7.94. The van der Waals surface area contributed by atoms with E-state index in [2.05, 4.69) is 24.5 Å².